The SMILES string of the molecule is CCCc1nn(CC(C)C)c(=O)n1Cc1ccc(-c2ccccc2-c2nn[nH]n2)cc1. The maximum absolute atomic E-state index is 12.9. The molecule has 8 heteroatoms. The molecule has 0 bridgehead atoms. The van der Waals surface area contributed by atoms with E-state index in [1.165, 1.54) is 0 Å². The Morgan fingerprint density at radius 3 is 2.42 bits per heavy atom. The fourth-order valence-electron chi connectivity index (χ4n) is 3.70. The highest BCUT2D eigenvalue weighted by Gasteiger charge is 2.15. The number of rotatable bonds is 8. The van der Waals surface area contributed by atoms with Crippen LogP contribution in [0.5, 0.6) is 0 Å². The number of H-pyrrole nitrogens is 1. The molecule has 0 saturated carbocycles. The van der Waals surface area contributed by atoms with Crippen molar-refractivity contribution in [3.8, 4) is 22.5 Å². The summed E-state index contributed by atoms with van der Waals surface area (Å²) in [6.45, 7) is 7.44. The number of hydrogen-bond acceptors (Lipinski definition) is 5. The summed E-state index contributed by atoms with van der Waals surface area (Å²) in [6, 6.07) is 16.2. The average molecular weight is 418 g/mol. The van der Waals surface area contributed by atoms with E-state index in [4.69, 9.17) is 0 Å². The van der Waals surface area contributed by atoms with Gasteiger partial charge < -0.3 is 0 Å². The van der Waals surface area contributed by atoms with Crippen molar-refractivity contribution in [2.75, 3.05) is 0 Å². The molecule has 2 aromatic carbocycles. The highest BCUT2D eigenvalue weighted by Crippen LogP contribution is 2.29. The maximum atomic E-state index is 12.9. The maximum Gasteiger partial charge on any atom is 0.346 e. The van der Waals surface area contributed by atoms with Gasteiger partial charge in [0.15, 0.2) is 0 Å². The second kappa shape index (κ2) is 9.07. The minimum absolute atomic E-state index is 0.0383. The number of nitrogens with one attached hydrogen (secondary N) is 1. The standard InChI is InChI=1S/C23H27N7O/c1-4-7-21-26-30(14-16(2)3)23(31)29(21)15-17-10-12-18(13-11-17)19-8-5-6-9-20(19)22-24-27-28-25-22/h5-6,8-13,16H,4,7,14-15H2,1-3H3,(H,24,25,27,28). The molecule has 0 aliphatic rings. The van der Waals surface area contributed by atoms with E-state index >= 15 is 0 Å². The van der Waals surface area contributed by atoms with Gasteiger partial charge in [-0.3, -0.25) is 4.57 Å². The van der Waals surface area contributed by atoms with E-state index < -0.39 is 0 Å². The van der Waals surface area contributed by atoms with E-state index in [1.54, 1.807) is 9.25 Å². The molecule has 0 saturated heterocycles. The molecule has 2 aromatic heterocycles. The summed E-state index contributed by atoms with van der Waals surface area (Å²) >= 11 is 0. The lowest BCUT2D eigenvalue weighted by atomic mass is 9.98. The molecular formula is C23H27N7O. The van der Waals surface area contributed by atoms with Crippen LogP contribution >= 0.6 is 0 Å². The zero-order valence-corrected chi connectivity index (χ0v) is 18.1. The summed E-state index contributed by atoms with van der Waals surface area (Å²) in [7, 11) is 0. The van der Waals surface area contributed by atoms with Gasteiger partial charge in [-0.25, -0.2) is 9.48 Å². The zero-order valence-electron chi connectivity index (χ0n) is 18.1. The van der Waals surface area contributed by atoms with Gasteiger partial charge in [0.25, 0.3) is 0 Å². The minimum atomic E-state index is -0.0383. The molecule has 0 spiro atoms. The molecule has 0 atom stereocenters. The number of hydrogen-bond donors (Lipinski definition) is 1. The van der Waals surface area contributed by atoms with Crippen molar-refractivity contribution in [3.63, 3.8) is 0 Å². The predicted molar refractivity (Wildman–Crippen MR) is 119 cm³/mol. The first-order valence-corrected chi connectivity index (χ1v) is 10.7. The zero-order chi connectivity index (χ0) is 21.8. The number of aryl methyl sites for hydroxylation is 1. The summed E-state index contributed by atoms with van der Waals surface area (Å²) < 4.78 is 3.40. The molecule has 0 radical (unpaired) electrons. The van der Waals surface area contributed by atoms with Gasteiger partial charge in [0.1, 0.15) is 5.82 Å². The third-order valence-electron chi connectivity index (χ3n) is 5.13. The van der Waals surface area contributed by atoms with Crippen LogP contribution in [-0.4, -0.2) is 35.0 Å². The Morgan fingerprint density at radius 1 is 1.03 bits per heavy atom. The summed E-state index contributed by atoms with van der Waals surface area (Å²) in [6.07, 6.45) is 1.74. The molecule has 0 aliphatic heterocycles. The number of benzene rings is 2. The lowest BCUT2D eigenvalue weighted by molar-refractivity contribution is 0.465. The van der Waals surface area contributed by atoms with Crippen LogP contribution in [0.4, 0.5) is 0 Å². The van der Waals surface area contributed by atoms with Crippen LogP contribution < -0.4 is 5.69 Å². The van der Waals surface area contributed by atoms with Gasteiger partial charge in [-0.05, 0) is 34.2 Å². The fourth-order valence-corrected chi connectivity index (χ4v) is 3.70. The third-order valence-corrected chi connectivity index (χ3v) is 5.13. The van der Waals surface area contributed by atoms with Gasteiger partial charge in [-0.2, -0.15) is 10.3 Å². The highest BCUT2D eigenvalue weighted by atomic mass is 16.2. The summed E-state index contributed by atoms with van der Waals surface area (Å²) in [5.74, 6) is 1.78. The molecule has 2 heterocycles. The van der Waals surface area contributed by atoms with Crippen LogP contribution in [0.3, 0.4) is 0 Å². The first kappa shape index (κ1) is 20.7. The molecule has 1 N–H and O–H groups in total. The normalized spacial score (nSPS) is 11.4. The van der Waals surface area contributed by atoms with Gasteiger partial charge in [-0.15, -0.1) is 10.2 Å². The quantitative estimate of drug-likeness (QED) is 0.473. The molecule has 0 aliphatic carbocycles. The number of aromatic nitrogens is 7. The fraction of sp³-hybridized carbons (Fsp3) is 0.348. The van der Waals surface area contributed by atoms with Crippen LogP contribution in [0, 0.1) is 5.92 Å². The Kier molecular flexibility index (Phi) is 6.06. The number of aromatic amines is 1. The van der Waals surface area contributed by atoms with Gasteiger partial charge >= 0.3 is 5.69 Å². The van der Waals surface area contributed by atoms with Crippen LogP contribution in [0.25, 0.3) is 22.5 Å². The largest absolute Gasteiger partial charge is 0.346 e. The van der Waals surface area contributed by atoms with Crippen molar-refractivity contribution in [1.82, 2.24) is 35.0 Å². The van der Waals surface area contributed by atoms with Crippen molar-refractivity contribution < 1.29 is 0 Å². The van der Waals surface area contributed by atoms with E-state index in [1.807, 2.05) is 24.3 Å². The van der Waals surface area contributed by atoms with Crippen LogP contribution in [0.2, 0.25) is 0 Å². The van der Waals surface area contributed by atoms with Gasteiger partial charge in [0, 0.05) is 18.5 Å². The van der Waals surface area contributed by atoms with Gasteiger partial charge in [0.2, 0.25) is 5.82 Å². The van der Waals surface area contributed by atoms with Crippen molar-refractivity contribution >= 4 is 0 Å². The summed E-state index contributed by atoms with van der Waals surface area (Å²) in [4.78, 5) is 12.9. The van der Waals surface area contributed by atoms with E-state index in [0.717, 1.165) is 40.9 Å². The van der Waals surface area contributed by atoms with E-state index in [2.05, 4.69) is 70.8 Å². The first-order chi connectivity index (χ1) is 15.1. The van der Waals surface area contributed by atoms with E-state index in [0.29, 0.717) is 24.8 Å². The second-order valence-electron chi connectivity index (χ2n) is 8.09. The van der Waals surface area contributed by atoms with Crippen LogP contribution in [0.1, 0.15) is 38.6 Å². The molecule has 0 amide bonds. The minimum Gasteiger partial charge on any atom is -0.274 e. The highest BCUT2D eigenvalue weighted by molar-refractivity contribution is 5.80. The van der Waals surface area contributed by atoms with E-state index in [-0.39, 0.29) is 5.69 Å². The Hall–Kier alpha value is -3.55. The Morgan fingerprint density at radius 2 is 1.77 bits per heavy atom. The second-order valence-corrected chi connectivity index (χ2v) is 8.09. The molecule has 4 aromatic rings. The summed E-state index contributed by atoms with van der Waals surface area (Å²) in [5, 5.41) is 19.0. The molecular weight excluding hydrogens is 390 g/mol. The lowest BCUT2D eigenvalue weighted by Crippen LogP contribution is -2.27. The van der Waals surface area contributed by atoms with Crippen molar-refractivity contribution in [2.45, 2.75) is 46.7 Å². The molecule has 31 heavy (non-hydrogen) atoms. The summed E-state index contributed by atoms with van der Waals surface area (Å²) in [5.41, 5.74) is 4.03. The Balaban J connectivity index is 1.62. The topological polar surface area (TPSA) is 94.3 Å². The Bertz CT molecular complexity index is 1190. The molecule has 4 rings (SSSR count). The van der Waals surface area contributed by atoms with Gasteiger partial charge in [-0.1, -0.05) is 69.3 Å². The number of nitrogens with zero attached hydrogens (tertiary/aromatic N) is 6. The smallest absolute Gasteiger partial charge is 0.274 e. The molecule has 8 nitrogen and oxygen atoms in total. The van der Waals surface area contributed by atoms with Crippen molar-refractivity contribution in [1.29, 1.82) is 0 Å². The predicted octanol–water partition coefficient (Wildman–Crippen LogP) is 3.55. The number of tetrazole rings is 1. The van der Waals surface area contributed by atoms with E-state index in [9.17, 15) is 4.79 Å². The molecule has 160 valence electrons. The molecule has 0 fully saturated rings. The van der Waals surface area contributed by atoms with Crippen LogP contribution in [0.15, 0.2) is 53.3 Å². The van der Waals surface area contributed by atoms with Crippen molar-refractivity contribution in [2.24, 2.45) is 5.92 Å². The monoisotopic (exact) mass is 417 g/mol. The first-order valence-electron chi connectivity index (χ1n) is 10.7. The Labute approximate surface area is 180 Å². The van der Waals surface area contributed by atoms with Crippen molar-refractivity contribution in [3.05, 3.63) is 70.4 Å². The third kappa shape index (κ3) is 4.47. The van der Waals surface area contributed by atoms with Crippen LogP contribution in [-0.2, 0) is 19.5 Å². The average Bonchev–Trinajstić information content (AvgIpc) is 3.39. The molecule has 0 unspecified atom stereocenters. The van der Waals surface area contributed by atoms with Gasteiger partial charge in [0.05, 0.1) is 6.54 Å². The lowest BCUT2D eigenvalue weighted by Gasteiger charge is -2.09.